The van der Waals surface area contributed by atoms with E-state index in [0.717, 1.165) is 29.0 Å². The summed E-state index contributed by atoms with van der Waals surface area (Å²) in [6.07, 6.45) is -2.42. The van der Waals surface area contributed by atoms with Crippen molar-refractivity contribution in [3.63, 3.8) is 0 Å². The Bertz CT molecular complexity index is 922. The molecular weight excluding hydrogens is 425 g/mol. The molecular formula is C19H16BrF3N2S. The SMILES string of the molecule is CC1C[n+]2c(-c3ccccc3)cn(-c3cccc(C(F)(F)F)c3)c2S1.[Br-]. The molecule has 0 fully saturated rings. The number of benzene rings is 2. The zero-order valence-electron chi connectivity index (χ0n) is 13.9. The predicted molar refractivity (Wildman–Crippen MR) is 91.7 cm³/mol. The van der Waals surface area contributed by atoms with Gasteiger partial charge in [-0.25, -0.2) is 4.57 Å². The van der Waals surface area contributed by atoms with Crippen LogP contribution < -0.4 is 21.5 Å². The maximum absolute atomic E-state index is 13.1. The summed E-state index contributed by atoms with van der Waals surface area (Å²) in [6.45, 7) is 2.97. The van der Waals surface area contributed by atoms with Crippen molar-refractivity contribution < 1.29 is 34.7 Å². The first-order chi connectivity index (χ1) is 11.9. The molecule has 0 N–H and O–H groups in total. The molecule has 2 heterocycles. The number of nitrogens with zero attached hydrogens (tertiary/aromatic N) is 2. The summed E-state index contributed by atoms with van der Waals surface area (Å²) in [5, 5.41) is 1.35. The Hall–Kier alpha value is -1.73. The minimum atomic E-state index is -4.35. The van der Waals surface area contributed by atoms with E-state index in [1.807, 2.05) is 41.1 Å². The maximum atomic E-state index is 13.1. The highest BCUT2D eigenvalue weighted by Crippen LogP contribution is 2.35. The van der Waals surface area contributed by atoms with Crippen LogP contribution in [0.1, 0.15) is 12.5 Å². The van der Waals surface area contributed by atoms with Gasteiger partial charge in [-0.05, 0) is 36.9 Å². The normalized spacial score (nSPS) is 16.2. The second-order valence-electron chi connectivity index (χ2n) is 6.12. The van der Waals surface area contributed by atoms with Crippen molar-refractivity contribution in [1.29, 1.82) is 0 Å². The molecule has 0 aliphatic carbocycles. The number of thioether (sulfide) groups is 1. The van der Waals surface area contributed by atoms with Crippen LogP contribution in [0.25, 0.3) is 16.9 Å². The van der Waals surface area contributed by atoms with Crippen LogP contribution in [-0.2, 0) is 12.7 Å². The molecule has 1 aromatic heterocycles. The molecule has 7 heteroatoms. The topological polar surface area (TPSA) is 8.81 Å². The van der Waals surface area contributed by atoms with E-state index in [1.165, 1.54) is 12.1 Å². The molecule has 1 aliphatic heterocycles. The highest BCUT2D eigenvalue weighted by atomic mass is 79.9. The van der Waals surface area contributed by atoms with Crippen molar-refractivity contribution in [1.82, 2.24) is 4.57 Å². The summed E-state index contributed by atoms with van der Waals surface area (Å²) in [4.78, 5) is 0. The van der Waals surface area contributed by atoms with Gasteiger partial charge >= 0.3 is 11.3 Å². The van der Waals surface area contributed by atoms with E-state index < -0.39 is 11.7 Å². The molecule has 1 aliphatic rings. The molecule has 26 heavy (non-hydrogen) atoms. The van der Waals surface area contributed by atoms with Crippen molar-refractivity contribution in [2.45, 2.75) is 30.1 Å². The molecule has 1 unspecified atom stereocenters. The van der Waals surface area contributed by atoms with Crippen LogP contribution in [0.3, 0.4) is 0 Å². The van der Waals surface area contributed by atoms with Crippen LogP contribution in [-0.4, -0.2) is 9.82 Å². The number of hydrogen-bond donors (Lipinski definition) is 0. The van der Waals surface area contributed by atoms with Crippen molar-refractivity contribution in [2.75, 3.05) is 0 Å². The predicted octanol–water partition coefficient (Wildman–Crippen LogP) is 1.95. The number of alkyl halides is 3. The van der Waals surface area contributed by atoms with Crippen LogP contribution in [0, 0.1) is 0 Å². The van der Waals surface area contributed by atoms with Gasteiger partial charge in [-0.3, -0.25) is 0 Å². The molecule has 2 nitrogen and oxygen atoms in total. The van der Waals surface area contributed by atoms with Gasteiger partial charge in [0.05, 0.1) is 10.8 Å². The van der Waals surface area contributed by atoms with Gasteiger partial charge in [0.1, 0.15) is 18.4 Å². The number of aromatic nitrogens is 2. The van der Waals surface area contributed by atoms with E-state index in [9.17, 15) is 13.2 Å². The third-order valence-corrected chi connectivity index (χ3v) is 5.43. The summed E-state index contributed by atoms with van der Waals surface area (Å²) in [6, 6.07) is 15.4. The van der Waals surface area contributed by atoms with Crippen LogP contribution >= 0.6 is 11.8 Å². The van der Waals surface area contributed by atoms with E-state index in [1.54, 1.807) is 17.8 Å². The summed E-state index contributed by atoms with van der Waals surface area (Å²) >= 11 is 1.69. The number of halogens is 4. The summed E-state index contributed by atoms with van der Waals surface area (Å²) in [7, 11) is 0. The van der Waals surface area contributed by atoms with E-state index in [-0.39, 0.29) is 17.0 Å². The first kappa shape index (κ1) is 19.0. The minimum absolute atomic E-state index is 0. The van der Waals surface area contributed by atoms with Crippen LogP contribution in [0.2, 0.25) is 0 Å². The smallest absolute Gasteiger partial charge is 0.416 e. The maximum Gasteiger partial charge on any atom is 0.416 e. The van der Waals surface area contributed by atoms with Crippen LogP contribution in [0.5, 0.6) is 0 Å². The first-order valence-electron chi connectivity index (χ1n) is 7.98. The Morgan fingerprint density at radius 3 is 2.50 bits per heavy atom. The molecule has 136 valence electrons. The van der Waals surface area contributed by atoms with Crippen molar-refractivity contribution in [3.05, 3.63) is 66.4 Å². The molecule has 0 saturated heterocycles. The Balaban J connectivity index is 0.00000196. The third-order valence-electron chi connectivity index (χ3n) is 4.25. The fraction of sp³-hybridized carbons (Fsp3) is 0.211. The second kappa shape index (κ2) is 7.12. The Morgan fingerprint density at radius 1 is 1.08 bits per heavy atom. The molecule has 0 spiro atoms. The zero-order valence-corrected chi connectivity index (χ0v) is 16.3. The van der Waals surface area contributed by atoms with Gasteiger partial charge in [0.25, 0.3) is 0 Å². The average Bonchev–Trinajstić information content (AvgIpc) is 3.12. The first-order valence-corrected chi connectivity index (χ1v) is 8.86. The monoisotopic (exact) mass is 440 g/mol. The van der Waals surface area contributed by atoms with Crippen LogP contribution in [0.15, 0.2) is 66.0 Å². The molecule has 1 atom stereocenters. The Labute approximate surface area is 164 Å². The number of hydrogen-bond acceptors (Lipinski definition) is 1. The average molecular weight is 441 g/mol. The van der Waals surface area contributed by atoms with Gasteiger partial charge < -0.3 is 17.0 Å². The molecule has 0 saturated carbocycles. The van der Waals surface area contributed by atoms with Gasteiger partial charge in [-0.15, -0.1) is 0 Å². The van der Waals surface area contributed by atoms with Gasteiger partial charge in [-0.2, -0.15) is 17.7 Å². The molecule has 0 bridgehead atoms. The van der Waals surface area contributed by atoms with Gasteiger partial charge in [-0.1, -0.05) is 36.4 Å². The molecule has 4 rings (SSSR count). The lowest BCUT2D eigenvalue weighted by atomic mass is 10.1. The summed E-state index contributed by atoms with van der Waals surface area (Å²) in [5.41, 5.74) is 1.98. The van der Waals surface area contributed by atoms with E-state index in [0.29, 0.717) is 10.9 Å². The summed E-state index contributed by atoms with van der Waals surface area (Å²) in [5.74, 6) is 0. The minimum Gasteiger partial charge on any atom is -1.00 e. The van der Waals surface area contributed by atoms with Crippen molar-refractivity contribution in [2.24, 2.45) is 0 Å². The quantitative estimate of drug-likeness (QED) is 0.553. The highest BCUT2D eigenvalue weighted by Gasteiger charge is 2.36. The fourth-order valence-electron chi connectivity index (χ4n) is 3.11. The number of rotatable bonds is 2. The highest BCUT2D eigenvalue weighted by molar-refractivity contribution is 7.99. The number of imidazole rings is 1. The molecule has 0 amide bonds. The van der Waals surface area contributed by atoms with E-state index in [2.05, 4.69) is 11.5 Å². The Kier molecular flexibility index (Phi) is 5.21. The largest absolute Gasteiger partial charge is 1.00 e. The van der Waals surface area contributed by atoms with Crippen molar-refractivity contribution >= 4 is 11.8 Å². The number of fused-ring (bicyclic) bond motifs is 1. The van der Waals surface area contributed by atoms with Crippen molar-refractivity contribution in [3.8, 4) is 16.9 Å². The Morgan fingerprint density at radius 2 is 1.81 bits per heavy atom. The van der Waals surface area contributed by atoms with E-state index in [4.69, 9.17) is 0 Å². The fourth-order valence-corrected chi connectivity index (χ4v) is 4.26. The lowest BCUT2D eigenvalue weighted by Crippen LogP contribution is -3.00. The van der Waals surface area contributed by atoms with Gasteiger partial charge in [0.15, 0.2) is 5.69 Å². The second-order valence-corrected chi connectivity index (χ2v) is 7.53. The third kappa shape index (κ3) is 3.42. The lowest BCUT2D eigenvalue weighted by molar-refractivity contribution is -0.715. The molecule has 2 aromatic carbocycles. The van der Waals surface area contributed by atoms with Gasteiger partial charge in [0, 0.05) is 5.56 Å². The summed E-state index contributed by atoms with van der Waals surface area (Å²) < 4.78 is 43.3. The van der Waals surface area contributed by atoms with Crippen LogP contribution in [0.4, 0.5) is 13.2 Å². The molecule has 0 radical (unpaired) electrons. The standard InChI is InChI=1S/C19H16F3N2S.BrH/c1-13-11-24-17(14-6-3-2-4-7-14)12-23(18(24)25-13)16-9-5-8-15(10-16)19(20,21)22;/h2-10,12-13H,11H2,1H3;1H/q+1;/p-1. The lowest BCUT2D eigenvalue weighted by Gasteiger charge is -2.07. The van der Waals surface area contributed by atoms with Gasteiger partial charge in [0.2, 0.25) is 0 Å². The molecule has 3 aromatic rings. The zero-order chi connectivity index (χ0) is 17.6. The van der Waals surface area contributed by atoms with E-state index >= 15 is 0 Å².